The molecule has 1 N–H and O–H groups in total. The number of para-hydroxylation sites is 1. The van der Waals surface area contributed by atoms with Gasteiger partial charge in [-0.15, -0.1) is 0 Å². The first-order valence-electron chi connectivity index (χ1n) is 15.6. The summed E-state index contributed by atoms with van der Waals surface area (Å²) in [5, 5.41) is 0. The molecular weight excluding hydrogens is 484 g/mol. The van der Waals surface area contributed by atoms with Gasteiger partial charge in [-0.1, -0.05) is 115 Å². The van der Waals surface area contributed by atoms with Crippen molar-refractivity contribution >= 4 is 0 Å². The van der Waals surface area contributed by atoms with E-state index in [-0.39, 0.29) is 12.4 Å². The average molecular weight is 537 g/mol. The molecule has 0 aliphatic heterocycles. The quantitative estimate of drug-likeness (QED) is 0.135. The van der Waals surface area contributed by atoms with Crippen LogP contribution in [-0.2, 0) is 25.7 Å². The van der Waals surface area contributed by atoms with Crippen LogP contribution < -0.4 is 17.0 Å². The van der Waals surface area contributed by atoms with Crippen molar-refractivity contribution in [1.29, 1.82) is 0 Å². The fraction of sp³-hybridized carbons (Fsp3) is 0.571. The van der Waals surface area contributed by atoms with Gasteiger partial charge in [0.1, 0.15) is 18.1 Å². The molecule has 0 bridgehead atoms. The molecular formula is C35H53ClN2. The van der Waals surface area contributed by atoms with E-state index in [2.05, 4.69) is 86.0 Å². The molecule has 2 nitrogen and oxygen atoms in total. The predicted molar refractivity (Wildman–Crippen MR) is 161 cm³/mol. The third-order valence-corrected chi connectivity index (χ3v) is 7.80. The highest BCUT2D eigenvalue weighted by molar-refractivity contribution is 5.64. The van der Waals surface area contributed by atoms with E-state index in [0.29, 0.717) is 0 Å². The van der Waals surface area contributed by atoms with Crippen molar-refractivity contribution in [3.8, 4) is 17.1 Å². The van der Waals surface area contributed by atoms with Crippen molar-refractivity contribution in [3.05, 3.63) is 71.0 Å². The second-order valence-electron chi connectivity index (χ2n) is 10.9. The topological polar surface area (TPSA) is 19.7 Å². The van der Waals surface area contributed by atoms with E-state index < -0.39 is 0 Å². The van der Waals surface area contributed by atoms with Gasteiger partial charge in [-0.25, -0.2) is 4.98 Å². The number of nitrogens with zero attached hydrogens (tertiary/aromatic N) is 1. The molecule has 0 radical (unpaired) electrons. The number of aryl methyl sites for hydroxylation is 4. The molecule has 1 aromatic heterocycles. The normalized spacial score (nSPS) is 11.1. The van der Waals surface area contributed by atoms with Crippen LogP contribution in [0, 0.1) is 0 Å². The van der Waals surface area contributed by atoms with Crippen molar-refractivity contribution < 1.29 is 17.0 Å². The number of imidazole rings is 1. The third-order valence-electron chi connectivity index (χ3n) is 7.80. The number of aromatic nitrogens is 2. The van der Waals surface area contributed by atoms with Gasteiger partial charge in [-0.05, 0) is 73.6 Å². The highest BCUT2D eigenvalue weighted by Crippen LogP contribution is 2.30. The van der Waals surface area contributed by atoms with Gasteiger partial charge >= 0.3 is 0 Å². The monoisotopic (exact) mass is 536 g/mol. The van der Waals surface area contributed by atoms with E-state index >= 15 is 0 Å². The van der Waals surface area contributed by atoms with E-state index in [1.807, 2.05) is 0 Å². The van der Waals surface area contributed by atoms with Gasteiger partial charge in [0.2, 0.25) is 0 Å². The van der Waals surface area contributed by atoms with E-state index in [4.69, 9.17) is 0 Å². The zero-order chi connectivity index (χ0) is 26.3. The Labute approximate surface area is 240 Å². The maximum absolute atomic E-state index is 3.73. The lowest BCUT2D eigenvalue weighted by Crippen LogP contribution is -3.00. The molecule has 0 aliphatic carbocycles. The molecule has 1 heterocycles. The molecule has 38 heavy (non-hydrogen) atoms. The third kappa shape index (κ3) is 9.01. The van der Waals surface area contributed by atoms with Crippen molar-refractivity contribution in [1.82, 2.24) is 4.98 Å². The van der Waals surface area contributed by atoms with Crippen molar-refractivity contribution in [2.45, 2.75) is 130 Å². The summed E-state index contributed by atoms with van der Waals surface area (Å²) in [6.07, 6.45) is 24.4. The molecule has 0 atom stereocenters. The van der Waals surface area contributed by atoms with Crippen LogP contribution in [0.25, 0.3) is 17.1 Å². The zero-order valence-corrected chi connectivity index (χ0v) is 25.5. The van der Waals surface area contributed by atoms with Crippen LogP contribution in [0.5, 0.6) is 0 Å². The highest BCUT2D eigenvalue weighted by atomic mass is 35.5. The SMILES string of the molecule is CCCCCc1cccc(CCCCC)c1-c1[nH]cc[n+]1-c1c(CCCCC)cccc1CCCCC.[Cl-]. The molecule has 0 amide bonds. The van der Waals surface area contributed by atoms with Gasteiger partial charge in [0, 0.05) is 0 Å². The Hall–Kier alpha value is -2.06. The lowest BCUT2D eigenvalue weighted by atomic mass is 9.92. The summed E-state index contributed by atoms with van der Waals surface area (Å²) in [6.45, 7) is 9.21. The molecule has 0 spiro atoms. The van der Waals surface area contributed by atoms with Crippen LogP contribution in [0.4, 0.5) is 0 Å². The number of aromatic amines is 1. The Morgan fingerprint density at radius 3 is 1.37 bits per heavy atom. The number of hydrogen-bond donors (Lipinski definition) is 1. The summed E-state index contributed by atoms with van der Waals surface area (Å²) in [5.74, 6) is 1.28. The second kappa shape index (κ2) is 18.3. The van der Waals surface area contributed by atoms with Gasteiger partial charge in [-0.2, -0.15) is 4.57 Å². The zero-order valence-electron chi connectivity index (χ0n) is 24.8. The standard InChI is InChI=1S/C35H52N2.ClH/c1-5-9-13-19-29-23-17-24-30(20-14-10-6-2)33(29)35-36-27-28-37(35)34-31(21-15-11-7-3)25-18-26-32(34)22-16-12-8-4;/h17-18,23-28H,5-16,19-22H2,1-4H3;1H. The largest absolute Gasteiger partial charge is 1.00 e. The van der Waals surface area contributed by atoms with Crippen LogP contribution in [0.2, 0.25) is 0 Å². The number of halogens is 1. The van der Waals surface area contributed by atoms with Gasteiger partial charge < -0.3 is 12.4 Å². The smallest absolute Gasteiger partial charge is 0.292 e. The second-order valence-corrected chi connectivity index (χ2v) is 10.9. The minimum Gasteiger partial charge on any atom is -1.00 e. The Kier molecular flexibility index (Phi) is 15.5. The number of H-pyrrole nitrogens is 1. The Bertz CT molecular complexity index is 913. The fourth-order valence-corrected chi connectivity index (χ4v) is 5.71. The van der Waals surface area contributed by atoms with E-state index in [9.17, 15) is 0 Å². The molecule has 0 unspecified atom stereocenters. The Balaban J connectivity index is 0.00000507. The summed E-state index contributed by atoms with van der Waals surface area (Å²) >= 11 is 0. The Morgan fingerprint density at radius 1 is 0.553 bits per heavy atom. The molecule has 210 valence electrons. The first kappa shape index (κ1) is 32.2. The molecule has 0 saturated carbocycles. The van der Waals surface area contributed by atoms with Crippen LogP contribution in [0.3, 0.4) is 0 Å². The predicted octanol–water partition coefficient (Wildman–Crippen LogP) is 6.89. The molecule has 0 fully saturated rings. The number of unbranched alkanes of at least 4 members (excludes halogenated alkanes) is 8. The maximum Gasteiger partial charge on any atom is 0.292 e. The summed E-state index contributed by atoms with van der Waals surface area (Å²) in [6, 6.07) is 14.1. The first-order chi connectivity index (χ1) is 18.2. The van der Waals surface area contributed by atoms with Crippen molar-refractivity contribution in [3.63, 3.8) is 0 Å². The molecule has 0 aliphatic rings. The van der Waals surface area contributed by atoms with Gasteiger partial charge in [0.15, 0.2) is 0 Å². The van der Waals surface area contributed by atoms with Crippen molar-refractivity contribution in [2.75, 3.05) is 0 Å². The summed E-state index contributed by atoms with van der Waals surface area (Å²) in [5.41, 5.74) is 8.93. The number of rotatable bonds is 18. The van der Waals surface area contributed by atoms with Crippen LogP contribution in [0.1, 0.15) is 127 Å². The van der Waals surface area contributed by atoms with E-state index in [1.54, 1.807) is 0 Å². The van der Waals surface area contributed by atoms with Gasteiger partial charge in [-0.3, -0.25) is 0 Å². The molecule has 2 aromatic carbocycles. The summed E-state index contributed by atoms with van der Waals surface area (Å²) < 4.78 is 2.52. The van der Waals surface area contributed by atoms with Gasteiger partial charge in [0.05, 0.1) is 5.56 Å². The van der Waals surface area contributed by atoms with Gasteiger partial charge in [0.25, 0.3) is 5.82 Å². The lowest BCUT2D eigenvalue weighted by Gasteiger charge is -2.16. The van der Waals surface area contributed by atoms with E-state index in [1.165, 1.54) is 116 Å². The highest BCUT2D eigenvalue weighted by Gasteiger charge is 2.25. The minimum atomic E-state index is 0. The molecule has 0 saturated heterocycles. The lowest BCUT2D eigenvalue weighted by molar-refractivity contribution is -0.583. The number of nitrogens with one attached hydrogen (secondary N) is 1. The van der Waals surface area contributed by atoms with Crippen LogP contribution in [-0.4, -0.2) is 4.98 Å². The first-order valence-corrected chi connectivity index (χ1v) is 15.6. The molecule has 3 rings (SSSR count). The minimum absolute atomic E-state index is 0. The fourth-order valence-electron chi connectivity index (χ4n) is 5.71. The molecule has 3 aromatic rings. The van der Waals surface area contributed by atoms with Crippen LogP contribution >= 0.6 is 0 Å². The van der Waals surface area contributed by atoms with Crippen LogP contribution in [0.15, 0.2) is 48.8 Å². The summed E-state index contributed by atoms with van der Waals surface area (Å²) in [4.78, 5) is 3.73. The average Bonchev–Trinajstić information content (AvgIpc) is 3.38. The summed E-state index contributed by atoms with van der Waals surface area (Å²) in [7, 11) is 0. The molecule has 3 heteroatoms. The number of hydrogen-bond acceptors (Lipinski definition) is 0. The van der Waals surface area contributed by atoms with Crippen molar-refractivity contribution in [2.24, 2.45) is 0 Å². The van der Waals surface area contributed by atoms with E-state index in [0.717, 1.165) is 25.7 Å². The number of benzene rings is 2. The maximum atomic E-state index is 3.73. The Morgan fingerprint density at radius 2 is 0.947 bits per heavy atom.